The molecular formula is C19H16F2N2O2S. The van der Waals surface area contributed by atoms with Crippen LogP contribution in [0.2, 0.25) is 0 Å². The molecule has 7 heteroatoms. The van der Waals surface area contributed by atoms with Crippen molar-refractivity contribution in [2.24, 2.45) is 0 Å². The molecule has 2 aromatic carbocycles. The standard InChI is InChI=1S/C19H16F2N2O2S/c1-2-23(19-22-15-5-3-4-6-16(15)26-19)17(24)12-9-13-7-10-14(11-8-13)25-18(20)21/h3-12,18H,2H2,1H3/b12-9+. The summed E-state index contributed by atoms with van der Waals surface area (Å²) < 4.78 is 29.6. The van der Waals surface area contributed by atoms with E-state index in [4.69, 9.17) is 0 Å². The van der Waals surface area contributed by atoms with Crippen molar-refractivity contribution in [1.29, 1.82) is 0 Å². The van der Waals surface area contributed by atoms with Gasteiger partial charge in [-0.05, 0) is 42.8 Å². The Morgan fingerprint density at radius 2 is 1.96 bits per heavy atom. The number of nitrogens with zero attached hydrogens (tertiary/aromatic N) is 2. The van der Waals surface area contributed by atoms with Crippen LogP contribution >= 0.6 is 11.3 Å². The third kappa shape index (κ3) is 4.23. The summed E-state index contributed by atoms with van der Waals surface area (Å²) >= 11 is 1.46. The van der Waals surface area contributed by atoms with Crippen LogP contribution in [-0.2, 0) is 4.79 Å². The number of fused-ring (bicyclic) bond motifs is 1. The molecule has 4 nitrogen and oxygen atoms in total. The second kappa shape index (κ2) is 8.05. The molecule has 134 valence electrons. The zero-order valence-electron chi connectivity index (χ0n) is 13.9. The van der Waals surface area contributed by atoms with Crippen LogP contribution in [-0.4, -0.2) is 24.0 Å². The molecule has 0 unspecified atom stereocenters. The van der Waals surface area contributed by atoms with Crippen molar-refractivity contribution in [2.75, 3.05) is 11.4 Å². The molecule has 26 heavy (non-hydrogen) atoms. The highest BCUT2D eigenvalue weighted by atomic mass is 32.1. The first-order valence-corrected chi connectivity index (χ1v) is 8.78. The second-order valence-electron chi connectivity index (χ2n) is 5.33. The lowest BCUT2D eigenvalue weighted by atomic mass is 10.2. The Morgan fingerprint density at radius 1 is 1.23 bits per heavy atom. The summed E-state index contributed by atoms with van der Waals surface area (Å²) in [7, 11) is 0. The highest BCUT2D eigenvalue weighted by Gasteiger charge is 2.15. The van der Waals surface area contributed by atoms with Gasteiger partial charge < -0.3 is 4.74 Å². The summed E-state index contributed by atoms with van der Waals surface area (Å²) in [5, 5.41) is 0.643. The highest BCUT2D eigenvalue weighted by Crippen LogP contribution is 2.28. The number of anilines is 1. The van der Waals surface area contributed by atoms with Crippen LogP contribution in [0.5, 0.6) is 5.75 Å². The lowest BCUT2D eigenvalue weighted by Gasteiger charge is -2.15. The summed E-state index contributed by atoms with van der Waals surface area (Å²) in [5.41, 5.74) is 1.57. The molecular weight excluding hydrogens is 358 g/mol. The van der Waals surface area contributed by atoms with E-state index in [9.17, 15) is 13.6 Å². The molecule has 0 spiro atoms. The van der Waals surface area contributed by atoms with E-state index in [2.05, 4.69) is 9.72 Å². The molecule has 1 amide bonds. The Labute approximate surface area is 153 Å². The molecule has 0 aliphatic carbocycles. The third-order valence-corrected chi connectivity index (χ3v) is 4.68. The predicted molar refractivity (Wildman–Crippen MR) is 99.8 cm³/mol. The van der Waals surface area contributed by atoms with Crippen LogP contribution in [0.25, 0.3) is 16.3 Å². The maximum absolute atomic E-state index is 12.5. The van der Waals surface area contributed by atoms with E-state index >= 15 is 0 Å². The van der Waals surface area contributed by atoms with Crippen molar-refractivity contribution in [1.82, 2.24) is 4.98 Å². The number of thiazole rings is 1. The van der Waals surface area contributed by atoms with Gasteiger partial charge in [-0.15, -0.1) is 0 Å². The van der Waals surface area contributed by atoms with Gasteiger partial charge in [0, 0.05) is 12.6 Å². The van der Waals surface area contributed by atoms with Crippen LogP contribution in [0, 0.1) is 0 Å². The molecule has 0 atom stereocenters. The fraction of sp³-hybridized carbons (Fsp3) is 0.158. The molecule has 1 aromatic heterocycles. The van der Waals surface area contributed by atoms with Crippen molar-refractivity contribution >= 4 is 38.7 Å². The maximum Gasteiger partial charge on any atom is 0.387 e. The summed E-state index contributed by atoms with van der Waals surface area (Å²) in [6.45, 7) is -0.483. The predicted octanol–water partition coefficient (Wildman–Crippen LogP) is 4.96. The second-order valence-corrected chi connectivity index (χ2v) is 6.34. The topological polar surface area (TPSA) is 42.4 Å². The van der Waals surface area contributed by atoms with Gasteiger partial charge in [0.2, 0.25) is 0 Å². The van der Waals surface area contributed by atoms with Crippen LogP contribution in [0.15, 0.2) is 54.6 Å². The van der Waals surface area contributed by atoms with E-state index in [0.29, 0.717) is 17.2 Å². The van der Waals surface area contributed by atoms with E-state index in [1.807, 2.05) is 31.2 Å². The van der Waals surface area contributed by atoms with Crippen LogP contribution in [0.4, 0.5) is 13.9 Å². The molecule has 0 fully saturated rings. The number of amides is 1. The van der Waals surface area contributed by atoms with E-state index in [1.54, 1.807) is 23.1 Å². The number of carbonyl (C=O) groups is 1. The van der Waals surface area contributed by atoms with E-state index in [0.717, 1.165) is 10.2 Å². The van der Waals surface area contributed by atoms with Crippen LogP contribution < -0.4 is 9.64 Å². The number of benzene rings is 2. The van der Waals surface area contributed by atoms with Gasteiger partial charge in [-0.3, -0.25) is 9.69 Å². The Morgan fingerprint density at radius 3 is 2.62 bits per heavy atom. The molecule has 0 bridgehead atoms. The van der Waals surface area contributed by atoms with Gasteiger partial charge in [-0.1, -0.05) is 35.6 Å². The minimum absolute atomic E-state index is 0.0770. The normalized spacial score (nSPS) is 11.4. The lowest BCUT2D eigenvalue weighted by molar-refractivity contribution is -0.114. The van der Waals surface area contributed by atoms with Gasteiger partial charge in [0.25, 0.3) is 5.91 Å². The molecule has 3 aromatic rings. The quantitative estimate of drug-likeness (QED) is 0.573. The number of para-hydroxylation sites is 1. The average molecular weight is 374 g/mol. The summed E-state index contributed by atoms with van der Waals surface area (Å²) in [4.78, 5) is 18.6. The summed E-state index contributed by atoms with van der Waals surface area (Å²) in [6.07, 6.45) is 3.07. The fourth-order valence-electron chi connectivity index (χ4n) is 2.38. The van der Waals surface area contributed by atoms with Crippen LogP contribution in [0.1, 0.15) is 12.5 Å². The van der Waals surface area contributed by atoms with Crippen molar-refractivity contribution < 1.29 is 18.3 Å². The molecule has 3 rings (SSSR count). The molecule has 0 saturated carbocycles. The fourth-order valence-corrected chi connectivity index (χ4v) is 3.41. The minimum Gasteiger partial charge on any atom is -0.435 e. The Bertz CT molecular complexity index is 890. The lowest BCUT2D eigenvalue weighted by Crippen LogP contribution is -2.28. The number of hydrogen-bond acceptors (Lipinski definition) is 4. The number of aromatic nitrogens is 1. The van der Waals surface area contributed by atoms with E-state index in [-0.39, 0.29) is 11.7 Å². The minimum atomic E-state index is -2.86. The molecule has 0 aliphatic rings. The SMILES string of the molecule is CCN(C(=O)/C=C/c1ccc(OC(F)F)cc1)c1nc2ccccc2s1. The largest absolute Gasteiger partial charge is 0.435 e. The zero-order chi connectivity index (χ0) is 18.5. The number of hydrogen-bond donors (Lipinski definition) is 0. The first-order chi connectivity index (χ1) is 12.6. The third-order valence-electron chi connectivity index (χ3n) is 3.62. The molecule has 0 saturated heterocycles. The number of rotatable bonds is 6. The van der Waals surface area contributed by atoms with Gasteiger partial charge in [0.15, 0.2) is 5.13 Å². The monoisotopic (exact) mass is 374 g/mol. The van der Waals surface area contributed by atoms with Crippen molar-refractivity contribution in [3.63, 3.8) is 0 Å². The first kappa shape index (κ1) is 18.0. The van der Waals surface area contributed by atoms with E-state index in [1.165, 1.54) is 29.5 Å². The molecule has 0 radical (unpaired) electrons. The van der Waals surface area contributed by atoms with Crippen molar-refractivity contribution in [3.05, 3.63) is 60.2 Å². The van der Waals surface area contributed by atoms with Gasteiger partial charge in [0.1, 0.15) is 5.75 Å². The Hall–Kier alpha value is -2.80. The highest BCUT2D eigenvalue weighted by molar-refractivity contribution is 7.22. The first-order valence-electron chi connectivity index (χ1n) is 7.97. The summed E-state index contributed by atoms with van der Waals surface area (Å²) in [5.74, 6) is -0.118. The van der Waals surface area contributed by atoms with E-state index < -0.39 is 6.61 Å². The Balaban J connectivity index is 1.73. The number of likely N-dealkylation sites (N-methyl/N-ethyl adjacent to an activating group) is 1. The van der Waals surface area contributed by atoms with Gasteiger partial charge in [-0.2, -0.15) is 8.78 Å². The molecule has 1 heterocycles. The Kier molecular flexibility index (Phi) is 5.58. The average Bonchev–Trinajstić information content (AvgIpc) is 3.05. The van der Waals surface area contributed by atoms with Gasteiger partial charge in [0.05, 0.1) is 10.2 Å². The van der Waals surface area contributed by atoms with Crippen molar-refractivity contribution in [3.8, 4) is 5.75 Å². The van der Waals surface area contributed by atoms with Gasteiger partial charge >= 0.3 is 6.61 Å². The maximum atomic E-state index is 12.5. The molecule has 0 N–H and O–H groups in total. The zero-order valence-corrected chi connectivity index (χ0v) is 14.7. The number of ether oxygens (including phenoxy) is 1. The number of halogens is 2. The van der Waals surface area contributed by atoms with Crippen molar-refractivity contribution in [2.45, 2.75) is 13.5 Å². The number of carbonyl (C=O) groups excluding carboxylic acids is 1. The van der Waals surface area contributed by atoms with Crippen LogP contribution in [0.3, 0.4) is 0 Å². The smallest absolute Gasteiger partial charge is 0.387 e. The van der Waals surface area contributed by atoms with Gasteiger partial charge in [-0.25, -0.2) is 4.98 Å². The molecule has 0 aliphatic heterocycles. The summed E-state index contributed by atoms with van der Waals surface area (Å²) in [6, 6.07) is 13.8. The number of alkyl halides is 2.